The van der Waals surface area contributed by atoms with Crippen molar-refractivity contribution in [3.63, 3.8) is 0 Å². The van der Waals surface area contributed by atoms with Crippen molar-refractivity contribution in [3.05, 3.63) is 41.5 Å². The zero-order valence-corrected chi connectivity index (χ0v) is 14.4. The van der Waals surface area contributed by atoms with Crippen LogP contribution in [0.5, 0.6) is 0 Å². The molecular weight excluding hydrogens is 431 g/mol. The smallest absolute Gasteiger partial charge is 0.378 e. The summed E-state index contributed by atoms with van der Waals surface area (Å²) in [5, 5.41) is -6.89. The van der Waals surface area contributed by atoms with E-state index < -0.39 is 39.2 Å². The van der Waals surface area contributed by atoms with Crippen molar-refractivity contribution in [3.8, 4) is 0 Å². The molecule has 0 saturated heterocycles. The molecule has 3 nitrogen and oxygen atoms in total. The first-order valence-corrected chi connectivity index (χ1v) is 8.90. The predicted molar refractivity (Wildman–Crippen MR) is 78.3 cm³/mol. The van der Waals surface area contributed by atoms with Gasteiger partial charge in [-0.25, -0.2) is 0 Å². The van der Waals surface area contributed by atoms with Crippen LogP contribution < -0.4 is 0 Å². The molecule has 28 heavy (non-hydrogen) atoms. The van der Waals surface area contributed by atoms with E-state index >= 15 is 0 Å². The van der Waals surface area contributed by atoms with Crippen LogP contribution in [0.4, 0.5) is 39.5 Å². The molecule has 0 aliphatic heterocycles. The second-order valence-corrected chi connectivity index (χ2v) is 7.41. The molecule has 0 fully saturated rings. The third-order valence-electron chi connectivity index (χ3n) is 3.89. The van der Waals surface area contributed by atoms with Crippen molar-refractivity contribution < 1.29 is 52.1 Å². The monoisotopic (exact) mass is 442 g/mol. The van der Waals surface area contributed by atoms with Gasteiger partial charge in [-0.3, -0.25) is 0 Å². The molecule has 0 bridgehead atoms. The Morgan fingerprint density at radius 3 is 2.00 bits per heavy atom. The van der Waals surface area contributed by atoms with E-state index in [-0.39, 0.29) is 12.0 Å². The number of halogens is 9. The predicted octanol–water partition coefficient (Wildman–Crippen LogP) is 5.14. The van der Waals surface area contributed by atoms with E-state index in [1.54, 1.807) is 0 Å². The van der Waals surface area contributed by atoms with Gasteiger partial charge in [0.2, 0.25) is 0 Å². The van der Waals surface area contributed by atoms with Gasteiger partial charge in [0.05, 0.1) is 0 Å². The van der Waals surface area contributed by atoms with Gasteiger partial charge in [-0.05, 0) is 30.9 Å². The summed E-state index contributed by atoms with van der Waals surface area (Å²) in [4.78, 5) is 0. The SMILES string of the molecule is O=S(=O)(OC1=CCCCc2ccccc21)C(F)(F)C(F)(F)C(F)(F)C(F)(F)F. The van der Waals surface area contributed by atoms with Gasteiger partial charge in [0.15, 0.2) is 0 Å². The molecule has 13 heteroatoms. The van der Waals surface area contributed by atoms with Gasteiger partial charge in [0, 0.05) is 5.56 Å². The summed E-state index contributed by atoms with van der Waals surface area (Å²) in [5.41, 5.74) is 0.294. The fourth-order valence-electron chi connectivity index (χ4n) is 2.38. The molecule has 0 spiro atoms. The summed E-state index contributed by atoms with van der Waals surface area (Å²) in [6.45, 7) is 0. The molecule has 0 heterocycles. The number of aryl methyl sites for hydroxylation is 1. The van der Waals surface area contributed by atoms with Crippen molar-refractivity contribution in [2.75, 3.05) is 0 Å². The second kappa shape index (κ2) is 6.85. The summed E-state index contributed by atoms with van der Waals surface area (Å²) in [7, 11) is -6.95. The van der Waals surface area contributed by atoms with E-state index in [9.17, 15) is 47.9 Å². The van der Waals surface area contributed by atoms with Crippen LogP contribution in [0, 0.1) is 0 Å². The van der Waals surface area contributed by atoms with Crippen LogP contribution in [0.2, 0.25) is 0 Å². The van der Waals surface area contributed by atoms with Crippen molar-refractivity contribution in [2.24, 2.45) is 0 Å². The minimum Gasteiger partial charge on any atom is -0.378 e. The largest absolute Gasteiger partial charge is 0.460 e. The number of benzene rings is 1. The van der Waals surface area contributed by atoms with Gasteiger partial charge in [-0.2, -0.15) is 47.9 Å². The van der Waals surface area contributed by atoms with Gasteiger partial charge in [0.1, 0.15) is 5.76 Å². The molecule has 1 aromatic rings. The Morgan fingerprint density at radius 2 is 1.43 bits per heavy atom. The first-order chi connectivity index (χ1) is 12.6. The lowest BCUT2D eigenvalue weighted by molar-refractivity contribution is -0.382. The van der Waals surface area contributed by atoms with E-state index in [4.69, 9.17) is 0 Å². The van der Waals surface area contributed by atoms with Gasteiger partial charge < -0.3 is 4.18 Å². The molecule has 0 saturated carbocycles. The van der Waals surface area contributed by atoms with Gasteiger partial charge >= 0.3 is 33.4 Å². The molecule has 1 aromatic carbocycles. The number of hydrogen-bond acceptors (Lipinski definition) is 3. The molecule has 0 amide bonds. The number of rotatable bonds is 5. The molecule has 0 radical (unpaired) electrons. The molecule has 0 atom stereocenters. The second-order valence-electron chi connectivity index (χ2n) is 5.82. The lowest BCUT2D eigenvalue weighted by Gasteiger charge is -2.32. The zero-order valence-electron chi connectivity index (χ0n) is 13.5. The van der Waals surface area contributed by atoms with Crippen molar-refractivity contribution in [1.82, 2.24) is 0 Å². The first kappa shape index (κ1) is 22.4. The summed E-state index contributed by atoms with van der Waals surface area (Å²) >= 11 is 0. The first-order valence-electron chi connectivity index (χ1n) is 7.49. The van der Waals surface area contributed by atoms with Crippen molar-refractivity contribution >= 4 is 15.9 Å². The fourth-order valence-corrected chi connectivity index (χ4v) is 3.32. The quantitative estimate of drug-likeness (QED) is 0.469. The molecule has 158 valence electrons. The highest BCUT2D eigenvalue weighted by Gasteiger charge is 2.86. The van der Waals surface area contributed by atoms with E-state index in [0.717, 1.165) is 6.08 Å². The van der Waals surface area contributed by atoms with Crippen LogP contribution in [-0.4, -0.2) is 31.7 Å². The summed E-state index contributed by atoms with van der Waals surface area (Å²) in [5.74, 6) is -15.5. The van der Waals surface area contributed by atoms with Gasteiger partial charge in [-0.1, -0.05) is 24.3 Å². The van der Waals surface area contributed by atoms with Gasteiger partial charge in [0.25, 0.3) is 0 Å². The maximum atomic E-state index is 13.8. The number of hydrogen-bond donors (Lipinski definition) is 0. The number of allylic oxidation sites excluding steroid dienone is 1. The van der Waals surface area contributed by atoms with Crippen LogP contribution in [0.15, 0.2) is 30.3 Å². The van der Waals surface area contributed by atoms with E-state index in [0.29, 0.717) is 18.4 Å². The normalized spacial score (nSPS) is 16.8. The highest BCUT2D eigenvalue weighted by molar-refractivity contribution is 7.88. The maximum absolute atomic E-state index is 13.8. The standard InChI is InChI=1S/C15H11F9O3S/c16-12(17,14(20,21)22)13(18,19)15(23,24)28(25,26)27-11-8-4-2-6-9-5-1-3-7-10(9)11/h1,3,5,7-8H,2,4,6H2. The van der Waals surface area contributed by atoms with E-state index in [2.05, 4.69) is 4.18 Å². The summed E-state index contributed by atoms with van der Waals surface area (Å²) in [6.07, 6.45) is -5.41. The Labute approximate surface area is 152 Å². The Hall–Kier alpha value is -1.92. The molecule has 0 N–H and O–H groups in total. The number of fused-ring (bicyclic) bond motifs is 1. The molecule has 0 aromatic heterocycles. The molecule has 2 rings (SSSR count). The minimum atomic E-state index is -7.34. The topological polar surface area (TPSA) is 43.4 Å². The Bertz CT molecular complexity index is 873. The van der Waals surface area contributed by atoms with Gasteiger partial charge in [-0.15, -0.1) is 0 Å². The molecule has 1 aliphatic rings. The van der Waals surface area contributed by atoms with E-state index in [1.165, 1.54) is 24.3 Å². The third-order valence-corrected chi connectivity index (χ3v) is 5.18. The molecule has 0 unspecified atom stereocenters. The number of alkyl halides is 9. The zero-order chi connectivity index (χ0) is 21.6. The Kier molecular flexibility index (Phi) is 5.47. The van der Waals surface area contributed by atoms with Crippen molar-refractivity contribution in [2.45, 2.75) is 42.5 Å². The summed E-state index contributed by atoms with van der Waals surface area (Å²) in [6, 6.07) is 5.49. The maximum Gasteiger partial charge on any atom is 0.460 e. The molecular formula is C15H11F9O3S. The van der Waals surface area contributed by atoms with E-state index in [1.807, 2.05) is 0 Å². The lowest BCUT2D eigenvalue weighted by atomic mass is 10.0. The van der Waals surface area contributed by atoms with Crippen molar-refractivity contribution in [1.29, 1.82) is 0 Å². The average Bonchev–Trinajstić information content (AvgIpc) is 2.75. The van der Waals surface area contributed by atoms with Crippen LogP contribution in [0.3, 0.4) is 0 Å². The van der Waals surface area contributed by atoms with Crippen LogP contribution in [0.25, 0.3) is 5.76 Å². The minimum absolute atomic E-state index is 0.0558. The lowest BCUT2D eigenvalue weighted by Crippen LogP contribution is -2.63. The third kappa shape index (κ3) is 3.44. The Morgan fingerprint density at radius 1 is 0.857 bits per heavy atom. The van der Waals surface area contributed by atoms with Crippen LogP contribution in [-0.2, 0) is 20.7 Å². The Balaban J connectivity index is 2.48. The van der Waals surface area contributed by atoms with Crippen LogP contribution >= 0.6 is 0 Å². The molecule has 1 aliphatic carbocycles. The average molecular weight is 442 g/mol. The van der Waals surface area contributed by atoms with Crippen LogP contribution in [0.1, 0.15) is 24.0 Å². The highest BCUT2D eigenvalue weighted by Crippen LogP contribution is 2.55. The fraction of sp³-hybridized carbons (Fsp3) is 0.467. The summed E-state index contributed by atoms with van der Waals surface area (Å²) < 4.78 is 144. The highest BCUT2D eigenvalue weighted by atomic mass is 32.2.